The number of aryl methyl sites for hydroxylation is 2. The van der Waals surface area contributed by atoms with Crippen LogP contribution in [0.25, 0.3) is 39.3 Å². The number of aromatic nitrogens is 2. The van der Waals surface area contributed by atoms with Crippen molar-refractivity contribution >= 4 is 5.70 Å². The molecule has 2 aromatic heterocycles. The molecule has 0 N–H and O–H groups in total. The Balaban J connectivity index is 1.56. The molecule has 0 radical (unpaired) electrons. The highest BCUT2D eigenvalue weighted by molar-refractivity contribution is 5.78. The molecular weight excluding hydrogens is 526 g/mol. The summed E-state index contributed by atoms with van der Waals surface area (Å²) >= 11 is 0. The Kier molecular flexibility index (Phi) is 6.20. The highest BCUT2D eigenvalue weighted by Gasteiger charge is 2.49. The van der Waals surface area contributed by atoms with Crippen molar-refractivity contribution in [1.82, 2.24) is 0 Å². The first kappa shape index (κ1) is 26.1. The molecule has 5 heteroatoms. The molecule has 0 saturated carbocycles. The SMILES string of the molecule is C=C1C2C(CCc3ccccc3-c3cc(-c4ccccc4)cc[n+]31)c1c(C#N)c(C#N)cc(C#N)c1-c1ccc(C)c[n+]12. The standard InChI is InChI=1S/C38H27N5/c1-24-12-15-34-36-30(21-40)18-29(20-39)33(22-41)37(36)32-14-13-27-10-6-7-11-31(27)35-19-28(26-8-4-3-5-9-26)16-17-42(35)25(2)38(32)43(34)23-24/h3-12,15-19,23,32,38H,2,13-14H2,1H3/q+2. The van der Waals surface area contributed by atoms with Gasteiger partial charge in [-0.05, 0) is 66.8 Å². The largest absolute Gasteiger partial charge is 0.249 e. The quantitative estimate of drug-likeness (QED) is 0.211. The summed E-state index contributed by atoms with van der Waals surface area (Å²) in [6, 6.07) is 35.5. The summed E-state index contributed by atoms with van der Waals surface area (Å²) in [5.41, 5.74) is 11.0. The van der Waals surface area contributed by atoms with Gasteiger partial charge in [-0.2, -0.15) is 24.9 Å². The van der Waals surface area contributed by atoms with Crippen LogP contribution in [0.5, 0.6) is 0 Å². The number of benzene rings is 3. The molecule has 0 aliphatic carbocycles. The molecule has 0 amide bonds. The van der Waals surface area contributed by atoms with Crippen LogP contribution in [0.4, 0.5) is 0 Å². The third-order valence-corrected chi connectivity index (χ3v) is 8.88. The first-order chi connectivity index (χ1) is 21.0. The van der Waals surface area contributed by atoms with Crippen molar-refractivity contribution in [2.75, 3.05) is 0 Å². The molecule has 7 rings (SSSR count). The van der Waals surface area contributed by atoms with E-state index in [1.54, 1.807) is 6.07 Å². The predicted octanol–water partition coefficient (Wildman–Crippen LogP) is 6.94. The van der Waals surface area contributed by atoms with Crippen molar-refractivity contribution in [3.05, 3.63) is 137 Å². The third-order valence-electron chi connectivity index (χ3n) is 8.88. The Labute approximate surface area is 251 Å². The van der Waals surface area contributed by atoms with E-state index in [2.05, 4.69) is 107 Å². The normalized spacial score (nSPS) is 16.3. The molecular formula is C38H27N5+2. The van der Waals surface area contributed by atoms with Crippen molar-refractivity contribution in [3.8, 4) is 51.8 Å². The van der Waals surface area contributed by atoms with Crippen LogP contribution in [0, 0.1) is 40.9 Å². The molecule has 0 saturated heterocycles. The smallest absolute Gasteiger partial charge is 0.192 e. The lowest BCUT2D eigenvalue weighted by atomic mass is 9.74. The molecule has 5 aromatic rings. The molecule has 2 atom stereocenters. The third kappa shape index (κ3) is 4.05. The monoisotopic (exact) mass is 553 g/mol. The van der Waals surface area contributed by atoms with Gasteiger partial charge >= 0.3 is 0 Å². The van der Waals surface area contributed by atoms with Crippen molar-refractivity contribution in [2.45, 2.75) is 31.7 Å². The van der Waals surface area contributed by atoms with Crippen LogP contribution < -0.4 is 9.13 Å². The van der Waals surface area contributed by atoms with E-state index in [0.29, 0.717) is 17.5 Å². The highest BCUT2D eigenvalue weighted by atomic mass is 15.1. The fourth-order valence-corrected chi connectivity index (χ4v) is 6.98. The maximum atomic E-state index is 10.4. The summed E-state index contributed by atoms with van der Waals surface area (Å²) in [4.78, 5) is 0. The number of nitriles is 3. The average Bonchev–Trinajstić information content (AvgIpc) is 3.10. The first-order valence-corrected chi connectivity index (χ1v) is 14.4. The van der Waals surface area contributed by atoms with Gasteiger partial charge in [-0.25, -0.2) is 0 Å². The fourth-order valence-electron chi connectivity index (χ4n) is 6.98. The maximum absolute atomic E-state index is 10.4. The van der Waals surface area contributed by atoms with Gasteiger partial charge in [0.2, 0.25) is 23.1 Å². The highest BCUT2D eigenvalue weighted by Crippen LogP contribution is 2.48. The lowest BCUT2D eigenvalue weighted by Crippen LogP contribution is -2.53. The lowest BCUT2D eigenvalue weighted by molar-refractivity contribution is -0.727. The van der Waals surface area contributed by atoms with Crippen molar-refractivity contribution in [3.63, 3.8) is 0 Å². The van der Waals surface area contributed by atoms with Crippen molar-refractivity contribution < 1.29 is 9.13 Å². The van der Waals surface area contributed by atoms with Gasteiger partial charge in [0, 0.05) is 29.3 Å². The Morgan fingerprint density at radius 1 is 0.791 bits per heavy atom. The molecule has 0 bridgehead atoms. The van der Waals surface area contributed by atoms with Crippen LogP contribution in [0.2, 0.25) is 0 Å². The number of rotatable bonds is 1. The maximum Gasteiger partial charge on any atom is 0.249 e. The second-order valence-electron chi connectivity index (χ2n) is 11.2. The minimum atomic E-state index is -0.254. The first-order valence-electron chi connectivity index (χ1n) is 14.4. The van der Waals surface area contributed by atoms with E-state index in [1.165, 1.54) is 5.56 Å². The fraction of sp³-hybridized carbons (Fsp3) is 0.132. The number of hydrogen-bond acceptors (Lipinski definition) is 3. The van der Waals surface area contributed by atoms with E-state index in [0.717, 1.165) is 56.9 Å². The van der Waals surface area contributed by atoms with Gasteiger partial charge in [0.05, 0.1) is 28.2 Å². The Bertz CT molecular complexity index is 2100. The molecule has 4 heterocycles. The summed E-state index contributed by atoms with van der Waals surface area (Å²) < 4.78 is 4.42. The summed E-state index contributed by atoms with van der Waals surface area (Å²) in [7, 11) is 0. The van der Waals surface area contributed by atoms with Gasteiger partial charge in [-0.15, -0.1) is 0 Å². The summed E-state index contributed by atoms with van der Waals surface area (Å²) in [5.74, 6) is -0.197. The number of allylic oxidation sites excluding steroid dienone is 1. The molecule has 2 aliphatic heterocycles. The zero-order chi connectivity index (χ0) is 29.7. The Hall–Kier alpha value is -5.83. The molecule has 202 valence electrons. The Morgan fingerprint density at radius 2 is 1.56 bits per heavy atom. The number of nitrogens with zero attached hydrogens (tertiary/aromatic N) is 5. The predicted molar refractivity (Wildman–Crippen MR) is 164 cm³/mol. The van der Waals surface area contributed by atoms with Gasteiger partial charge in [-0.1, -0.05) is 48.5 Å². The summed E-state index contributed by atoms with van der Waals surface area (Å²) in [6.45, 7) is 6.79. The minimum Gasteiger partial charge on any atom is -0.192 e. The number of pyridine rings is 2. The molecule has 3 aromatic carbocycles. The summed E-state index contributed by atoms with van der Waals surface area (Å²) in [6.07, 6.45) is 5.69. The number of fused-ring (bicyclic) bond motifs is 9. The Morgan fingerprint density at radius 3 is 2.33 bits per heavy atom. The molecule has 0 fully saturated rings. The van der Waals surface area contributed by atoms with Gasteiger partial charge in [0.15, 0.2) is 12.4 Å². The van der Waals surface area contributed by atoms with Gasteiger partial charge < -0.3 is 0 Å². The zero-order valence-electron chi connectivity index (χ0n) is 23.7. The molecule has 2 unspecified atom stereocenters. The van der Waals surface area contributed by atoms with Crippen LogP contribution in [0.15, 0.2) is 104 Å². The van der Waals surface area contributed by atoms with E-state index in [4.69, 9.17) is 6.58 Å². The van der Waals surface area contributed by atoms with Crippen LogP contribution in [0.1, 0.15) is 51.8 Å². The minimum absolute atomic E-state index is 0.197. The molecule has 43 heavy (non-hydrogen) atoms. The molecule has 5 nitrogen and oxygen atoms in total. The molecule has 0 spiro atoms. The van der Waals surface area contributed by atoms with E-state index in [9.17, 15) is 15.8 Å². The lowest BCUT2D eigenvalue weighted by Gasteiger charge is -2.31. The van der Waals surface area contributed by atoms with Gasteiger partial charge in [0.1, 0.15) is 18.2 Å². The summed E-state index contributed by atoms with van der Waals surface area (Å²) in [5, 5.41) is 30.7. The van der Waals surface area contributed by atoms with Crippen molar-refractivity contribution in [1.29, 1.82) is 15.8 Å². The molecule has 2 aliphatic rings. The van der Waals surface area contributed by atoms with Gasteiger partial charge in [0.25, 0.3) is 0 Å². The second-order valence-corrected chi connectivity index (χ2v) is 11.2. The van der Waals surface area contributed by atoms with Crippen LogP contribution >= 0.6 is 0 Å². The van der Waals surface area contributed by atoms with Crippen LogP contribution in [0.3, 0.4) is 0 Å². The van der Waals surface area contributed by atoms with E-state index >= 15 is 0 Å². The van der Waals surface area contributed by atoms with E-state index in [-0.39, 0.29) is 17.5 Å². The zero-order valence-corrected chi connectivity index (χ0v) is 23.7. The topological polar surface area (TPSA) is 79.1 Å². The van der Waals surface area contributed by atoms with E-state index in [1.807, 2.05) is 18.2 Å². The van der Waals surface area contributed by atoms with Crippen LogP contribution in [-0.2, 0) is 6.42 Å². The van der Waals surface area contributed by atoms with Crippen molar-refractivity contribution in [2.24, 2.45) is 0 Å². The second kappa shape index (κ2) is 10.2. The van der Waals surface area contributed by atoms with Gasteiger partial charge in [-0.3, -0.25) is 0 Å². The average molecular weight is 554 g/mol. The van der Waals surface area contributed by atoms with Crippen LogP contribution in [-0.4, -0.2) is 0 Å². The van der Waals surface area contributed by atoms with E-state index < -0.39 is 0 Å². The number of hydrogen-bond donors (Lipinski definition) is 0.